The number of rotatable bonds is 4. The Morgan fingerprint density at radius 1 is 1.65 bits per heavy atom. The third-order valence-electron chi connectivity index (χ3n) is 2.03. The summed E-state index contributed by atoms with van der Waals surface area (Å²) in [6, 6.07) is 4.80. The molecule has 2 aromatic rings. The molecule has 6 nitrogen and oxygen atoms in total. The van der Waals surface area contributed by atoms with Crippen LogP contribution in [0.25, 0.3) is 11.1 Å². The molecule has 0 aliphatic rings. The number of anilines is 1. The molecule has 0 saturated carbocycles. The Morgan fingerprint density at radius 3 is 3.06 bits per heavy atom. The van der Waals surface area contributed by atoms with E-state index in [9.17, 15) is 10.1 Å². The molecule has 7 heteroatoms. The van der Waals surface area contributed by atoms with Gasteiger partial charge in [0.15, 0.2) is 11.1 Å². The molecular formula is C10H8BrN3O3. The lowest BCUT2D eigenvalue weighted by molar-refractivity contribution is -0.383. The topological polar surface area (TPSA) is 81.2 Å². The summed E-state index contributed by atoms with van der Waals surface area (Å²) >= 11 is 3.18. The number of halogens is 1. The number of hydrogen-bond donors (Lipinski definition) is 1. The van der Waals surface area contributed by atoms with E-state index in [-0.39, 0.29) is 17.2 Å². The average Bonchev–Trinajstić information content (AvgIpc) is 2.68. The summed E-state index contributed by atoms with van der Waals surface area (Å²) in [4.78, 5) is 14.3. The fraction of sp³-hybridized carbons (Fsp3) is 0.100. The SMILES string of the molecule is C=C(Br)CNc1nc2c([N+](=O)[O-])cccc2o1. The second-order valence-corrected chi connectivity index (χ2v) is 4.39. The van der Waals surface area contributed by atoms with E-state index in [0.717, 1.165) is 4.48 Å². The molecule has 17 heavy (non-hydrogen) atoms. The molecular weight excluding hydrogens is 290 g/mol. The van der Waals surface area contributed by atoms with E-state index in [1.807, 2.05) is 0 Å². The molecule has 1 N–H and O–H groups in total. The Bertz CT molecular complexity index is 593. The Hall–Kier alpha value is -1.89. The monoisotopic (exact) mass is 297 g/mol. The van der Waals surface area contributed by atoms with Crippen LogP contribution in [0.3, 0.4) is 0 Å². The summed E-state index contributed by atoms with van der Waals surface area (Å²) in [7, 11) is 0. The van der Waals surface area contributed by atoms with Crippen molar-refractivity contribution in [2.45, 2.75) is 0 Å². The second kappa shape index (κ2) is 4.54. The van der Waals surface area contributed by atoms with Gasteiger partial charge in [0.25, 0.3) is 11.7 Å². The van der Waals surface area contributed by atoms with Gasteiger partial charge in [-0.05, 0) is 6.07 Å². The number of nitro benzene ring substituents is 1. The fourth-order valence-corrected chi connectivity index (χ4v) is 1.47. The number of non-ortho nitro benzene ring substituents is 1. The zero-order chi connectivity index (χ0) is 12.4. The second-order valence-electron chi connectivity index (χ2n) is 3.27. The van der Waals surface area contributed by atoms with E-state index in [1.165, 1.54) is 6.07 Å². The van der Waals surface area contributed by atoms with Gasteiger partial charge in [-0.2, -0.15) is 4.98 Å². The van der Waals surface area contributed by atoms with E-state index in [2.05, 4.69) is 32.8 Å². The number of para-hydroxylation sites is 1. The molecule has 0 saturated heterocycles. The van der Waals surface area contributed by atoms with E-state index in [0.29, 0.717) is 12.1 Å². The van der Waals surface area contributed by atoms with Gasteiger partial charge in [-0.15, -0.1) is 0 Å². The number of nitrogens with zero attached hydrogens (tertiary/aromatic N) is 2. The van der Waals surface area contributed by atoms with Gasteiger partial charge in [0, 0.05) is 10.5 Å². The van der Waals surface area contributed by atoms with Gasteiger partial charge in [0.1, 0.15) is 0 Å². The number of aromatic nitrogens is 1. The van der Waals surface area contributed by atoms with Gasteiger partial charge < -0.3 is 9.73 Å². The molecule has 0 radical (unpaired) electrons. The fourth-order valence-electron chi connectivity index (χ4n) is 1.33. The van der Waals surface area contributed by atoms with E-state index in [1.54, 1.807) is 12.1 Å². The van der Waals surface area contributed by atoms with Gasteiger partial charge in [0.05, 0.1) is 11.5 Å². The highest BCUT2D eigenvalue weighted by Crippen LogP contribution is 2.27. The van der Waals surface area contributed by atoms with Crippen LogP contribution < -0.4 is 5.32 Å². The Kier molecular flexibility index (Phi) is 3.10. The molecule has 0 unspecified atom stereocenters. The van der Waals surface area contributed by atoms with Crippen LogP contribution in [0, 0.1) is 10.1 Å². The summed E-state index contributed by atoms with van der Waals surface area (Å²) < 4.78 is 6.05. The number of benzene rings is 1. The lowest BCUT2D eigenvalue weighted by atomic mass is 10.3. The highest BCUT2D eigenvalue weighted by Gasteiger charge is 2.16. The molecule has 0 spiro atoms. The molecule has 0 fully saturated rings. The molecule has 1 heterocycles. The van der Waals surface area contributed by atoms with Crippen LogP contribution in [0.2, 0.25) is 0 Å². The van der Waals surface area contributed by atoms with Crippen molar-refractivity contribution < 1.29 is 9.34 Å². The van der Waals surface area contributed by atoms with Crippen LogP contribution in [-0.4, -0.2) is 16.5 Å². The smallest absolute Gasteiger partial charge is 0.298 e. The summed E-state index contributed by atoms with van der Waals surface area (Å²) in [6.45, 7) is 4.08. The van der Waals surface area contributed by atoms with Crippen molar-refractivity contribution in [3.8, 4) is 0 Å². The first-order valence-electron chi connectivity index (χ1n) is 4.69. The van der Waals surface area contributed by atoms with Crippen molar-refractivity contribution >= 4 is 38.7 Å². The Morgan fingerprint density at radius 2 is 2.41 bits per heavy atom. The summed E-state index contributed by atoms with van der Waals surface area (Å²) in [5.41, 5.74) is 0.541. The maximum absolute atomic E-state index is 10.8. The van der Waals surface area contributed by atoms with Crippen molar-refractivity contribution in [3.63, 3.8) is 0 Å². The van der Waals surface area contributed by atoms with E-state index >= 15 is 0 Å². The van der Waals surface area contributed by atoms with Gasteiger partial charge in [0.2, 0.25) is 0 Å². The number of oxazole rings is 1. The molecule has 88 valence electrons. The van der Waals surface area contributed by atoms with Crippen LogP contribution in [0.1, 0.15) is 0 Å². The van der Waals surface area contributed by atoms with Crippen LogP contribution in [-0.2, 0) is 0 Å². The van der Waals surface area contributed by atoms with Gasteiger partial charge in [-0.1, -0.05) is 28.6 Å². The number of fused-ring (bicyclic) bond motifs is 1. The molecule has 0 amide bonds. The number of nitrogens with one attached hydrogen (secondary N) is 1. The minimum Gasteiger partial charge on any atom is -0.423 e. The zero-order valence-corrected chi connectivity index (χ0v) is 10.2. The number of hydrogen-bond acceptors (Lipinski definition) is 5. The molecule has 0 aliphatic carbocycles. The maximum atomic E-state index is 10.8. The Labute approximate surface area is 105 Å². The average molecular weight is 298 g/mol. The van der Waals surface area contributed by atoms with Crippen molar-refractivity contribution in [1.82, 2.24) is 4.98 Å². The predicted molar refractivity (Wildman–Crippen MR) is 67.2 cm³/mol. The summed E-state index contributed by atoms with van der Waals surface area (Å²) in [6.07, 6.45) is 0. The van der Waals surface area contributed by atoms with Crippen molar-refractivity contribution in [3.05, 3.63) is 39.4 Å². The minimum atomic E-state index is -0.488. The highest BCUT2D eigenvalue weighted by atomic mass is 79.9. The normalized spacial score (nSPS) is 10.4. The third-order valence-corrected chi connectivity index (χ3v) is 2.31. The molecule has 0 atom stereocenters. The molecule has 1 aromatic carbocycles. The van der Waals surface area contributed by atoms with E-state index < -0.39 is 4.92 Å². The predicted octanol–water partition coefficient (Wildman–Crippen LogP) is 3.06. The van der Waals surface area contributed by atoms with Crippen LogP contribution in [0.15, 0.2) is 33.7 Å². The quantitative estimate of drug-likeness (QED) is 0.693. The summed E-state index contributed by atoms with van der Waals surface area (Å²) in [5, 5.41) is 13.6. The van der Waals surface area contributed by atoms with Crippen molar-refractivity contribution in [2.75, 3.05) is 11.9 Å². The summed E-state index contributed by atoms with van der Waals surface area (Å²) in [5.74, 6) is 0. The van der Waals surface area contributed by atoms with Crippen LogP contribution >= 0.6 is 15.9 Å². The first kappa shape index (κ1) is 11.6. The van der Waals surface area contributed by atoms with Gasteiger partial charge in [-0.3, -0.25) is 10.1 Å². The minimum absolute atomic E-state index is 0.0723. The van der Waals surface area contributed by atoms with Crippen LogP contribution in [0.5, 0.6) is 0 Å². The van der Waals surface area contributed by atoms with Crippen molar-refractivity contribution in [1.29, 1.82) is 0 Å². The zero-order valence-electron chi connectivity index (χ0n) is 8.64. The first-order chi connectivity index (χ1) is 8.08. The first-order valence-corrected chi connectivity index (χ1v) is 5.48. The molecule has 0 aliphatic heterocycles. The molecule has 2 rings (SSSR count). The molecule has 0 bridgehead atoms. The van der Waals surface area contributed by atoms with Crippen molar-refractivity contribution in [2.24, 2.45) is 0 Å². The standard InChI is InChI=1S/C10H8BrN3O3/c1-6(11)5-12-10-13-9-7(14(15)16)3-2-4-8(9)17-10/h2-4H,1,5H2,(H,12,13). The Balaban J connectivity index is 2.39. The largest absolute Gasteiger partial charge is 0.423 e. The lowest BCUT2D eigenvalue weighted by Gasteiger charge is -1.96. The third kappa shape index (κ3) is 2.44. The van der Waals surface area contributed by atoms with Gasteiger partial charge in [-0.25, -0.2) is 0 Å². The van der Waals surface area contributed by atoms with Gasteiger partial charge >= 0.3 is 0 Å². The van der Waals surface area contributed by atoms with Crippen LogP contribution in [0.4, 0.5) is 11.7 Å². The maximum Gasteiger partial charge on any atom is 0.298 e. The van der Waals surface area contributed by atoms with E-state index in [4.69, 9.17) is 4.42 Å². The lowest BCUT2D eigenvalue weighted by Crippen LogP contribution is -2.00. The highest BCUT2D eigenvalue weighted by molar-refractivity contribution is 9.11. The molecule has 1 aromatic heterocycles. The number of nitro groups is 1.